The van der Waals surface area contributed by atoms with E-state index in [1.807, 2.05) is 38.1 Å². The highest BCUT2D eigenvalue weighted by Gasteiger charge is 2.08. The van der Waals surface area contributed by atoms with Gasteiger partial charge in [-0.05, 0) is 19.4 Å². The van der Waals surface area contributed by atoms with E-state index in [2.05, 4.69) is 10.3 Å². The lowest BCUT2D eigenvalue weighted by Gasteiger charge is -2.05. The quantitative estimate of drug-likeness (QED) is 0.834. The minimum atomic E-state index is 0.0157. The summed E-state index contributed by atoms with van der Waals surface area (Å²) in [5, 5.41) is 3.45. The summed E-state index contributed by atoms with van der Waals surface area (Å²) in [6, 6.07) is 8.13. The Morgan fingerprint density at radius 2 is 2.05 bits per heavy atom. The first-order chi connectivity index (χ1) is 9.54. The lowest BCUT2D eigenvalue weighted by Crippen LogP contribution is -2.24. The summed E-state index contributed by atoms with van der Waals surface area (Å²) < 4.78 is 1.01. The van der Waals surface area contributed by atoms with Crippen molar-refractivity contribution >= 4 is 34.1 Å². The van der Waals surface area contributed by atoms with E-state index in [0.717, 1.165) is 15.5 Å². The van der Waals surface area contributed by atoms with Crippen LogP contribution in [0.25, 0.3) is 0 Å². The number of nitrogens with zero attached hydrogens (tertiary/aromatic N) is 1. The predicted octanol–water partition coefficient (Wildman–Crippen LogP) is 2.75. The van der Waals surface area contributed by atoms with Crippen LogP contribution in [0.2, 0.25) is 0 Å². The van der Waals surface area contributed by atoms with Crippen LogP contribution < -0.4 is 11.1 Å². The van der Waals surface area contributed by atoms with Gasteiger partial charge in [-0.2, -0.15) is 0 Å². The molecule has 0 aliphatic heterocycles. The third kappa shape index (κ3) is 4.25. The molecule has 1 aromatic carbocycles. The summed E-state index contributed by atoms with van der Waals surface area (Å²) in [5.41, 5.74) is 8.84. The van der Waals surface area contributed by atoms with E-state index in [9.17, 15) is 4.79 Å². The fourth-order valence-electron chi connectivity index (χ4n) is 1.63. The first kappa shape index (κ1) is 14.9. The number of nitrogens with one attached hydrogen (secondary N) is 1. The van der Waals surface area contributed by atoms with Gasteiger partial charge in [0.15, 0.2) is 5.13 Å². The second kappa shape index (κ2) is 6.76. The minimum absolute atomic E-state index is 0.0157. The summed E-state index contributed by atoms with van der Waals surface area (Å²) in [5.74, 6) is 0.399. The molecule has 1 heterocycles. The average molecular weight is 307 g/mol. The monoisotopic (exact) mass is 307 g/mol. The fourth-order valence-corrected chi connectivity index (χ4v) is 3.48. The summed E-state index contributed by atoms with van der Waals surface area (Å²) >= 11 is 2.90. The Morgan fingerprint density at radius 3 is 2.65 bits per heavy atom. The number of anilines is 1. The molecule has 0 saturated heterocycles. The zero-order chi connectivity index (χ0) is 14.5. The molecule has 4 nitrogen and oxygen atoms in total. The zero-order valence-corrected chi connectivity index (χ0v) is 13.1. The third-order valence-electron chi connectivity index (χ3n) is 2.72. The molecule has 0 unspecified atom stereocenters. The van der Waals surface area contributed by atoms with Gasteiger partial charge in [0, 0.05) is 6.54 Å². The highest BCUT2D eigenvalue weighted by molar-refractivity contribution is 8.01. The standard InChI is InChI=1S/C14H17N3OS2/c1-9-3-5-11(6-4-9)7-16-12(18)8-19-13-10(2)17-14(15)20-13/h3-6H,7-8H2,1-2H3,(H2,15,17)(H,16,18). The lowest BCUT2D eigenvalue weighted by atomic mass is 10.1. The topological polar surface area (TPSA) is 68.0 Å². The van der Waals surface area contributed by atoms with Crippen LogP contribution in [0.5, 0.6) is 0 Å². The van der Waals surface area contributed by atoms with Crippen molar-refractivity contribution in [1.29, 1.82) is 0 Å². The summed E-state index contributed by atoms with van der Waals surface area (Å²) in [6.45, 7) is 4.50. The van der Waals surface area contributed by atoms with Crippen LogP contribution in [-0.2, 0) is 11.3 Å². The highest BCUT2D eigenvalue weighted by Crippen LogP contribution is 2.30. The number of thiazole rings is 1. The second-order valence-corrected chi connectivity index (χ2v) is 6.75. The van der Waals surface area contributed by atoms with Crippen LogP contribution in [0, 0.1) is 13.8 Å². The molecule has 0 bridgehead atoms. The van der Waals surface area contributed by atoms with E-state index in [0.29, 0.717) is 17.4 Å². The van der Waals surface area contributed by atoms with E-state index >= 15 is 0 Å². The minimum Gasteiger partial charge on any atom is -0.375 e. The van der Waals surface area contributed by atoms with Gasteiger partial charge in [0.1, 0.15) is 0 Å². The molecular formula is C14H17N3OS2. The van der Waals surface area contributed by atoms with Crippen molar-refractivity contribution in [3.63, 3.8) is 0 Å². The first-order valence-electron chi connectivity index (χ1n) is 6.22. The molecule has 0 fully saturated rings. The Balaban J connectivity index is 1.78. The van der Waals surface area contributed by atoms with Crippen LogP contribution in [-0.4, -0.2) is 16.6 Å². The molecule has 2 aromatic rings. The van der Waals surface area contributed by atoms with E-state index in [1.165, 1.54) is 28.7 Å². The van der Waals surface area contributed by atoms with E-state index < -0.39 is 0 Å². The molecule has 0 radical (unpaired) electrons. The Kier molecular flexibility index (Phi) is 5.03. The van der Waals surface area contributed by atoms with Gasteiger partial charge in [0.05, 0.1) is 15.7 Å². The van der Waals surface area contributed by atoms with Crippen molar-refractivity contribution in [2.24, 2.45) is 0 Å². The number of benzene rings is 1. The van der Waals surface area contributed by atoms with Crippen LogP contribution in [0.4, 0.5) is 5.13 Å². The van der Waals surface area contributed by atoms with Gasteiger partial charge < -0.3 is 11.1 Å². The van der Waals surface area contributed by atoms with Crippen molar-refractivity contribution in [1.82, 2.24) is 10.3 Å². The largest absolute Gasteiger partial charge is 0.375 e. The molecule has 1 aromatic heterocycles. The Morgan fingerprint density at radius 1 is 1.35 bits per heavy atom. The van der Waals surface area contributed by atoms with Crippen molar-refractivity contribution in [2.75, 3.05) is 11.5 Å². The van der Waals surface area contributed by atoms with Gasteiger partial charge >= 0.3 is 0 Å². The van der Waals surface area contributed by atoms with Crippen LogP contribution >= 0.6 is 23.1 Å². The zero-order valence-electron chi connectivity index (χ0n) is 11.5. The molecule has 6 heteroatoms. The summed E-state index contributed by atoms with van der Waals surface area (Å²) in [4.78, 5) is 15.9. The Labute approximate surface area is 126 Å². The van der Waals surface area contributed by atoms with Gasteiger partial charge in [-0.25, -0.2) is 4.98 Å². The first-order valence-corrected chi connectivity index (χ1v) is 8.03. The maximum atomic E-state index is 11.8. The SMILES string of the molecule is Cc1ccc(CNC(=O)CSc2sc(N)nc2C)cc1. The van der Waals surface area contributed by atoms with Crippen LogP contribution in [0.15, 0.2) is 28.5 Å². The third-order valence-corrected chi connectivity index (χ3v) is 5.06. The van der Waals surface area contributed by atoms with Crippen molar-refractivity contribution < 1.29 is 4.79 Å². The maximum absolute atomic E-state index is 11.8. The highest BCUT2D eigenvalue weighted by atomic mass is 32.2. The van der Waals surface area contributed by atoms with Crippen molar-refractivity contribution in [3.8, 4) is 0 Å². The number of rotatable bonds is 5. The second-order valence-electron chi connectivity index (χ2n) is 4.48. The Hall–Kier alpha value is -1.53. The molecular weight excluding hydrogens is 290 g/mol. The molecule has 1 amide bonds. The van der Waals surface area contributed by atoms with Crippen LogP contribution in [0.3, 0.4) is 0 Å². The molecule has 0 aliphatic rings. The van der Waals surface area contributed by atoms with E-state index in [-0.39, 0.29) is 5.91 Å². The van der Waals surface area contributed by atoms with Gasteiger partial charge in [-0.15, -0.1) is 11.8 Å². The molecule has 0 saturated carbocycles. The number of aromatic nitrogens is 1. The number of thioether (sulfide) groups is 1. The predicted molar refractivity (Wildman–Crippen MR) is 85.0 cm³/mol. The molecule has 3 N–H and O–H groups in total. The molecule has 0 atom stereocenters. The fraction of sp³-hybridized carbons (Fsp3) is 0.286. The van der Waals surface area contributed by atoms with E-state index in [1.54, 1.807) is 0 Å². The Bertz CT molecular complexity index is 593. The van der Waals surface area contributed by atoms with Gasteiger partial charge in [0.2, 0.25) is 5.91 Å². The molecule has 0 aliphatic carbocycles. The number of carbonyl (C=O) groups is 1. The smallest absolute Gasteiger partial charge is 0.230 e. The molecule has 2 rings (SSSR count). The average Bonchev–Trinajstić information content (AvgIpc) is 2.74. The molecule has 0 spiro atoms. The number of nitrogens with two attached hydrogens (primary N) is 1. The number of aryl methyl sites for hydroxylation is 2. The number of hydrogen-bond acceptors (Lipinski definition) is 5. The normalized spacial score (nSPS) is 10.5. The summed E-state index contributed by atoms with van der Waals surface area (Å²) in [6.07, 6.45) is 0. The molecule has 20 heavy (non-hydrogen) atoms. The van der Waals surface area contributed by atoms with Gasteiger partial charge in [0.25, 0.3) is 0 Å². The van der Waals surface area contributed by atoms with Crippen molar-refractivity contribution in [2.45, 2.75) is 24.6 Å². The van der Waals surface area contributed by atoms with Crippen LogP contribution in [0.1, 0.15) is 16.8 Å². The van der Waals surface area contributed by atoms with Gasteiger partial charge in [-0.3, -0.25) is 4.79 Å². The number of amides is 1. The number of carbonyl (C=O) groups excluding carboxylic acids is 1. The molecule has 106 valence electrons. The van der Waals surface area contributed by atoms with E-state index in [4.69, 9.17) is 5.73 Å². The lowest BCUT2D eigenvalue weighted by molar-refractivity contribution is -0.118. The number of nitrogen functional groups attached to an aromatic ring is 1. The van der Waals surface area contributed by atoms with Gasteiger partial charge in [-0.1, -0.05) is 41.2 Å². The summed E-state index contributed by atoms with van der Waals surface area (Å²) in [7, 11) is 0. The van der Waals surface area contributed by atoms with Crippen molar-refractivity contribution in [3.05, 3.63) is 41.1 Å². The maximum Gasteiger partial charge on any atom is 0.230 e. The number of hydrogen-bond donors (Lipinski definition) is 2.